The maximum atomic E-state index is 13.2. The second kappa shape index (κ2) is 8.05. The number of nitrogens with zero attached hydrogens (tertiary/aromatic N) is 1. The van der Waals surface area contributed by atoms with Gasteiger partial charge in [-0.25, -0.2) is 4.79 Å². The van der Waals surface area contributed by atoms with E-state index in [0.717, 1.165) is 24.8 Å². The number of carbonyl (C=O) groups is 2. The molecule has 0 aromatic heterocycles. The largest absolute Gasteiger partial charge is 0.481 e. The number of fused-ring (bicyclic) bond motifs is 1. The number of hydrogen-bond acceptors (Lipinski definition) is 2. The number of aliphatic carboxylic acids is 1. The molecule has 1 unspecified atom stereocenters. The van der Waals surface area contributed by atoms with Crippen molar-refractivity contribution in [3.63, 3.8) is 0 Å². The maximum Gasteiger partial charge on any atom is 0.318 e. The van der Waals surface area contributed by atoms with Gasteiger partial charge in [0.25, 0.3) is 0 Å². The number of nitrogens with one attached hydrogen (secondary N) is 1. The van der Waals surface area contributed by atoms with Crippen LogP contribution in [0.5, 0.6) is 0 Å². The maximum absolute atomic E-state index is 13.2. The van der Waals surface area contributed by atoms with E-state index in [2.05, 4.69) is 35.6 Å². The third-order valence-corrected chi connectivity index (χ3v) is 6.06. The first-order valence-corrected chi connectivity index (χ1v) is 10.1. The number of rotatable bonds is 3. The first-order chi connectivity index (χ1) is 13.6. The topological polar surface area (TPSA) is 69.6 Å². The molecule has 1 fully saturated rings. The zero-order chi connectivity index (χ0) is 19.5. The van der Waals surface area contributed by atoms with Gasteiger partial charge in [0.05, 0.1) is 12.0 Å². The number of benzene rings is 2. The third-order valence-electron chi connectivity index (χ3n) is 6.06. The second-order valence-electron chi connectivity index (χ2n) is 7.79. The Kier molecular flexibility index (Phi) is 5.33. The minimum atomic E-state index is -0.721. The van der Waals surface area contributed by atoms with Crippen molar-refractivity contribution >= 4 is 12.0 Å². The van der Waals surface area contributed by atoms with Crippen molar-refractivity contribution in [2.24, 2.45) is 5.92 Å². The molecule has 0 bridgehead atoms. The van der Waals surface area contributed by atoms with Crippen LogP contribution in [0.2, 0.25) is 0 Å². The van der Waals surface area contributed by atoms with Crippen molar-refractivity contribution in [1.29, 1.82) is 0 Å². The van der Waals surface area contributed by atoms with Crippen LogP contribution >= 0.6 is 0 Å². The minimum absolute atomic E-state index is 0.0525. The van der Waals surface area contributed by atoms with E-state index in [0.29, 0.717) is 19.4 Å². The van der Waals surface area contributed by atoms with Gasteiger partial charge in [0.15, 0.2) is 0 Å². The van der Waals surface area contributed by atoms with E-state index >= 15 is 0 Å². The predicted molar refractivity (Wildman–Crippen MR) is 107 cm³/mol. The predicted octanol–water partition coefficient (Wildman–Crippen LogP) is 3.99. The Morgan fingerprint density at radius 2 is 1.61 bits per heavy atom. The van der Waals surface area contributed by atoms with Gasteiger partial charge in [0, 0.05) is 12.6 Å². The van der Waals surface area contributed by atoms with Gasteiger partial charge in [-0.1, -0.05) is 54.6 Å². The highest BCUT2D eigenvalue weighted by molar-refractivity contribution is 5.76. The van der Waals surface area contributed by atoms with E-state index in [-0.39, 0.29) is 24.0 Å². The fourth-order valence-electron chi connectivity index (χ4n) is 4.52. The van der Waals surface area contributed by atoms with Crippen LogP contribution in [0.1, 0.15) is 48.4 Å². The van der Waals surface area contributed by atoms with Crippen LogP contribution in [0.15, 0.2) is 54.6 Å². The van der Waals surface area contributed by atoms with Gasteiger partial charge in [-0.15, -0.1) is 0 Å². The number of carboxylic acid groups (broad SMARTS) is 1. The summed E-state index contributed by atoms with van der Waals surface area (Å²) in [7, 11) is 0. The normalized spacial score (nSPS) is 24.3. The molecule has 28 heavy (non-hydrogen) atoms. The molecule has 2 aromatic rings. The highest BCUT2D eigenvalue weighted by atomic mass is 16.4. The lowest BCUT2D eigenvalue weighted by molar-refractivity contribution is -0.142. The van der Waals surface area contributed by atoms with Crippen molar-refractivity contribution in [3.8, 4) is 0 Å². The molecule has 2 amide bonds. The number of hydrogen-bond donors (Lipinski definition) is 2. The molecular formula is C23H26N2O3. The van der Waals surface area contributed by atoms with Crippen LogP contribution in [0, 0.1) is 5.92 Å². The van der Waals surface area contributed by atoms with E-state index in [1.807, 2.05) is 29.2 Å². The van der Waals surface area contributed by atoms with Crippen molar-refractivity contribution in [1.82, 2.24) is 10.2 Å². The zero-order valence-corrected chi connectivity index (χ0v) is 15.9. The molecule has 0 radical (unpaired) electrons. The van der Waals surface area contributed by atoms with Gasteiger partial charge in [-0.2, -0.15) is 0 Å². The van der Waals surface area contributed by atoms with Gasteiger partial charge in [-0.05, 0) is 48.8 Å². The third kappa shape index (κ3) is 3.75. The summed E-state index contributed by atoms with van der Waals surface area (Å²) in [6.07, 6.45) is 3.56. The Balaban J connectivity index is 1.53. The molecule has 2 aliphatic rings. The van der Waals surface area contributed by atoms with E-state index in [1.165, 1.54) is 11.1 Å². The summed E-state index contributed by atoms with van der Waals surface area (Å²) in [6, 6.07) is 18.4. The monoisotopic (exact) mass is 378 g/mol. The smallest absolute Gasteiger partial charge is 0.318 e. The Labute approximate surface area is 165 Å². The van der Waals surface area contributed by atoms with Gasteiger partial charge >= 0.3 is 12.0 Å². The van der Waals surface area contributed by atoms with E-state index in [1.54, 1.807) is 0 Å². The first-order valence-electron chi connectivity index (χ1n) is 10.1. The molecule has 5 heteroatoms. The lowest BCUT2D eigenvalue weighted by Gasteiger charge is -2.39. The quantitative estimate of drug-likeness (QED) is 0.849. The van der Waals surface area contributed by atoms with Crippen LogP contribution in [-0.4, -0.2) is 34.6 Å². The van der Waals surface area contributed by atoms with Crippen LogP contribution in [0.25, 0.3) is 0 Å². The highest BCUT2D eigenvalue weighted by Gasteiger charge is 2.34. The van der Waals surface area contributed by atoms with E-state index < -0.39 is 5.97 Å². The molecule has 1 heterocycles. The lowest BCUT2D eigenvalue weighted by atomic mass is 9.86. The molecule has 4 rings (SSSR count). The summed E-state index contributed by atoms with van der Waals surface area (Å²) in [6.45, 7) is 0.673. The Bertz CT molecular complexity index is 844. The van der Waals surface area contributed by atoms with Gasteiger partial charge in [0.1, 0.15) is 0 Å². The molecule has 1 aliphatic carbocycles. The lowest BCUT2D eigenvalue weighted by Crippen LogP contribution is -2.50. The summed E-state index contributed by atoms with van der Waals surface area (Å²) in [5.74, 6) is -0.992. The Morgan fingerprint density at radius 1 is 0.929 bits per heavy atom. The molecular weight excluding hydrogens is 352 g/mol. The summed E-state index contributed by atoms with van der Waals surface area (Å²) >= 11 is 0. The molecule has 5 nitrogen and oxygen atoms in total. The molecule has 1 aliphatic heterocycles. The Hall–Kier alpha value is -2.82. The van der Waals surface area contributed by atoms with Gasteiger partial charge < -0.3 is 15.3 Å². The Morgan fingerprint density at radius 3 is 2.32 bits per heavy atom. The molecule has 2 N–H and O–H groups in total. The molecule has 1 atom stereocenters. The summed E-state index contributed by atoms with van der Waals surface area (Å²) in [4.78, 5) is 26.3. The highest BCUT2D eigenvalue weighted by Crippen LogP contribution is 2.35. The number of carbonyl (C=O) groups excluding carboxylic acids is 1. The number of urea groups is 1. The van der Waals surface area contributed by atoms with Crippen molar-refractivity contribution in [2.75, 3.05) is 6.54 Å². The van der Waals surface area contributed by atoms with E-state index in [4.69, 9.17) is 5.11 Å². The van der Waals surface area contributed by atoms with Crippen LogP contribution < -0.4 is 5.32 Å². The molecule has 146 valence electrons. The van der Waals surface area contributed by atoms with Crippen LogP contribution in [0.4, 0.5) is 4.79 Å². The fourth-order valence-corrected chi connectivity index (χ4v) is 4.52. The van der Waals surface area contributed by atoms with Crippen molar-refractivity contribution in [2.45, 2.75) is 44.2 Å². The van der Waals surface area contributed by atoms with Crippen molar-refractivity contribution < 1.29 is 14.7 Å². The summed E-state index contributed by atoms with van der Waals surface area (Å²) < 4.78 is 0. The van der Waals surface area contributed by atoms with E-state index in [9.17, 15) is 9.59 Å². The fraction of sp³-hybridized carbons (Fsp3) is 0.391. The molecule has 0 spiro atoms. The first kappa shape index (κ1) is 18.5. The summed E-state index contributed by atoms with van der Waals surface area (Å²) in [5, 5.41) is 12.3. The summed E-state index contributed by atoms with van der Waals surface area (Å²) in [5.41, 5.74) is 3.59. The minimum Gasteiger partial charge on any atom is -0.481 e. The number of amides is 2. The van der Waals surface area contributed by atoms with Crippen LogP contribution in [-0.2, 0) is 11.2 Å². The average molecular weight is 378 g/mol. The molecule has 0 saturated heterocycles. The SMILES string of the molecule is O=C(O)C1CCC(NC(=O)N2CCc3ccccc3C2c2ccccc2)CC1. The van der Waals surface area contributed by atoms with Crippen LogP contribution in [0.3, 0.4) is 0 Å². The second-order valence-corrected chi connectivity index (χ2v) is 7.79. The molecule has 1 saturated carbocycles. The van der Waals surface area contributed by atoms with Gasteiger partial charge in [-0.3, -0.25) is 4.79 Å². The standard InChI is InChI=1S/C23H26N2O3/c26-22(27)18-10-12-19(13-11-18)24-23(28)25-15-14-16-6-4-5-9-20(16)21(25)17-7-2-1-3-8-17/h1-9,18-19,21H,10-15H2,(H,24,28)(H,26,27). The molecule has 2 aromatic carbocycles. The van der Waals surface area contributed by atoms with Crippen molar-refractivity contribution in [3.05, 3.63) is 71.3 Å². The average Bonchev–Trinajstić information content (AvgIpc) is 2.74. The zero-order valence-electron chi connectivity index (χ0n) is 15.9. The van der Waals surface area contributed by atoms with Gasteiger partial charge in [0.2, 0.25) is 0 Å². The number of carboxylic acids is 1.